The van der Waals surface area contributed by atoms with Gasteiger partial charge in [0.05, 0.1) is 5.75 Å². The van der Waals surface area contributed by atoms with Crippen LogP contribution in [0.5, 0.6) is 0 Å². The number of carbonyl (C=O) groups excluding carboxylic acids is 1. The van der Waals surface area contributed by atoms with Crippen LogP contribution in [0.3, 0.4) is 0 Å². The van der Waals surface area contributed by atoms with Gasteiger partial charge in [-0.2, -0.15) is 25.5 Å². The number of thioether (sulfide) groups is 1. The highest BCUT2D eigenvalue weighted by atomic mass is 32.2. The van der Waals surface area contributed by atoms with E-state index in [2.05, 4.69) is 14.9 Å². The van der Waals surface area contributed by atoms with Crippen molar-refractivity contribution in [3.63, 3.8) is 0 Å². The minimum atomic E-state index is -4.22. The average Bonchev–Trinajstić information content (AvgIpc) is 2.97. The molecule has 1 unspecified atom stereocenters. The number of alkyl halides is 4. The van der Waals surface area contributed by atoms with Gasteiger partial charge in [-0.15, -0.1) is 0 Å². The summed E-state index contributed by atoms with van der Waals surface area (Å²) in [5, 5.41) is 3.45. The molecule has 0 radical (unpaired) electrons. The summed E-state index contributed by atoms with van der Waals surface area (Å²) in [6.07, 6.45) is -3.79. The van der Waals surface area contributed by atoms with E-state index in [-0.39, 0.29) is 17.5 Å². The van der Waals surface area contributed by atoms with Gasteiger partial charge >= 0.3 is 12.3 Å². The average molecular weight is 314 g/mol. The third-order valence-corrected chi connectivity index (χ3v) is 3.60. The number of hydrogen-bond acceptors (Lipinski definition) is 6. The standard InChI is InChI=1S/C10H10F4N2O3S/c11-9(12)10(13,14)4-18-1-7-15-8(19-16-7)5-2-20-3-6(5)17/h5,9H,1-4H2. The van der Waals surface area contributed by atoms with Crippen LogP contribution < -0.4 is 0 Å². The van der Waals surface area contributed by atoms with E-state index in [9.17, 15) is 22.4 Å². The van der Waals surface area contributed by atoms with Gasteiger partial charge in [0, 0.05) is 5.75 Å². The minimum Gasteiger partial charge on any atom is -0.367 e. The third-order valence-electron chi connectivity index (χ3n) is 2.54. The Morgan fingerprint density at radius 1 is 1.50 bits per heavy atom. The largest absolute Gasteiger partial charge is 0.367 e. The van der Waals surface area contributed by atoms with Crippen molar-refractivity contribution in [2.75, 3.05) is 18.1 Å². The molecular weight excluding hydrogens is 304 g/mol. The molecule has 1 aliphatic rings. The molecule has 1 aliphatic heterocycles. The second-order valence-electron chi connectivity index (χ2n) is 4.14. The lowest BCUT2D eigenvalue weighted by atomic mass is 10.1. The van der Waals surface area contributed by atoms with Crippen LogP contribution >= 0.6 is 11.8 Å². The van der Waals surface area contributed by atoms with Crippen molar-refractivity contribution < 1.29 is 31.6 Å². The first-order chi connectivity index (χ1) is 9.40. The maximum atomic E-state index is 12.6. The van der Waals surface area contributed by atoms with Crippen LogP contribution in [0.25, 0.3) is 0 Å². The van der Waals surface area contributed by atoms with Crippen LogP contribution in [0.4, 0.5) is 17.6 Å². The van der Waals surface area contributed by atoms with Gasteiger partial charge in [0.1, 0.15) is 19.1 Å². The van der Waals surface area contributed by atoms with Crippen LogP contribution in [-0.4, -0.2) is 46.4 Å². The summed E-state index contributed by atoms with van der Waals surface area (Å²) in [6.45, 7) is -1.92. The summed E-state index contributed by atoms with van der Waals surface area (Å²) in [5.41, 5.74) is 0. The Hall–Kier alpha value is -1.16. The van der Waals surface area contributed by atoms with E-state index in [1.165, 1.54) is 11.8 Å². The van der Waals surface area contributed by atoms with Gasteiger partial charge in [-0.05, 0) is 0 Å². The van der Waals surface area contributed by atoms with E-state index in [4.69, 9.17) is 4.52 Å². The van der Waals surface area contributed by atoms with Gasteiger partial charge in [0.15, 0.2) is 11.6 Å². The van der Waals surface area contributed by atoms with Gasteiger partial charge in [-0.3, -0.25) is 4.79 Å². The van der Waals surface area contributed by atoms with Crippen molar-refractivity contribution in [1.82, 2.24) is 10.1 Å². The van der Waals surface area contributed by atoms with Gasteiger partial charge in [0.2, 0.25) is 5.89 Å². The normalized spacial score (nSPS) is 20.1. The Labute approximate surface area is 115 Å². The molecule has 1 saturated heterocycles. The third kappa shape index (κ3) is 3.48. The zero-order valence-electron chi connectivity index (χ0n) is 10.0. The molecule has 10 heteroatoms. The molecule has 0 saturated carbocycles. The highest BCUT2D eigenvalue weighted by Gasteiger charge is 2.41. The zero-order chi connectivity index (χ0) is 14.8. The fourth-order valence-corrected chi connectivity index (χ4v) is 2.57. The number of Topliss-reactive ketones (excluding diaryl/α,β-unsaturated/α-hetero) is 1. The molecule has 1 atom stereocenters. The quantitative estimate of drug-likeness (QED) is 0.747. The van der Waals surface area contributed by atoms with Crippen LogP contribution in [0.15, 0.2) is 4.52 Å². The SMILES string of the molecule is O=C1CSCC1c1nc(COCC(F)(F)C(F)F)no1. The number of halogens is 4. The van der Waals surface area contributed by atoms with Crippen molar-refractivity contribution in [1.29, 1.82) is 0 Å². The van der Waals surface area contributed by atoms with Crippen molar-refractivity contribution in [2.45, 2.75) is 24.9 Å². The van der Waals surface area contributed by atoms with Crippen molar-refractivity contribution >= 4 is 17.5 Å². The summed E-state index contributed by atoms with van der Waals surface area (Å²) in [4.78, 5) is 15.3. The fraction of sp³-hybridized carbons (Fsp3) is 0.700. The number of aromatic nitrogens is 2. The van der Waals surface area contributed by atoms with E-state index >= 15 is 0 Å². The minimum absolute atomic E-state index is 0.0460. The number of hydrogen-bond donors (Lipinski definition) is 0. The Morgan fingerprint density at radius 3 is 2.85 bits per heavy atom. The van der Waals surface area contributed by atoms with E-state index in [1.54, 1.807) is 0 Å². The Bertz CT molecular complexity index is 483. The van der Waals surface area contributed by atoms with E-state index in [0.29, 0.717) is 11.5 Å². The maximum absolute atomic E-state index is 12.6. The number of rotatable bonds is 6. The number of ketones is 1. The monoisotopic (exact) mass is 314 g/mol. The van der Waals surface area contributed by atoms with E-state index in [1.807, 2.05) is 0 Å². The molecule has 5 nitrogen and oxygen atoms in total. The fourth-order valence-electron chi connectivity index (χ4n) is 1.49. The first-order valence-corrected chi connectivity index (χ1v) is 6.72. The summed E-state index contributed by atoms with van der Waals surface area (Å²) in [5.74, 6) is -3.84. The topological polar surface area (TPSA) is 65.2 Å². The van der Waals surface area contributed by atoms with Gasteiger partial charge in [-0.25, -0.2) is 8.78 Å². The highest BCUT2D eigenvalue weighted by molar-refractivity contribution is 8.00. The molecule has 0 amide bonds. The lowest BCUT2D eigenvalue weighted by Gasteiger charge is -2.14. The molecule has 1 fully saturated rings. The lowest BCUT2D eigenvalue weighted by molar-refractivity contribution is -0.168. The number of ether oxygens (including phenoxy) is 1. The molecule has 2 heterocycles. The molecule has 0 aromatic carbocycles. The first-order valence-electron chi connectivity index (χ1n) is 5.57. The molecule has 0 spiro atoms. The Morgan fingerprint density at radius 2 is 2.25 bits per heavy atom. The second-order valence-corrected chi connectivity index (χ2v) is 5.17. The summed E-state index contributed by atoms with van der Waals surface area (Å²) < 4.78 is 58.2. The number of nitrogens with zero attached hydrogens (tertiary/aromatic N) is 2. The van der Waals surface area contributed by atoms with Gasteiger partial charge in [-0.1, -0.05) is 5.16 Å². The van der Waals surface area contributed by atoms with Crippen LogP contribution in [0, 0.1) is 0 Å². The van der Waals surface area contributed by atoms with E-state index in [0.717, 1.165) is 0 Å². The smallest absolute Gasteiger partial charge is 0.330 e. The van der Waals surface area contributed by atoms with Crippen molar-refractivity contribution in [3.8, 4) is 0 Å². The van der Waals surface area contributed by atoms with Crippen LogP contribution in [0.1, 0.15) is 17.6 Å². The summed E-state index contributed by atoms with van der Waals surface area (Å²) in [6, 6.07) is 0. The molecular formula is C10H10F4N2O3S. The summed E-state index contributed by atoms with van der Waals surface area (Å²) >= 11 is 1.43. The molecule has 20 heavy (non-hydrogen) atoms. The molecule has 112 valence electrons. The first kappa shape index (κ1) is 15.2. The lowest BCUT2D eigenvalue weighted by Crippen LogP contribution is -2.32. The molecule has 0 aliphatic carbocycles. The molecule has 2 rings (SSSR count). The maximum Gasteiger partial charge on any atom is 0.330 e. The van der Waals surface area contributed by atoms with Crippen LogP contribution in [0.2, 0.25) is 0 Å². The van der Waals surface area contributed by atoms with Gasteiger partial charge in [0.25, 0.3) is 0 Å². The Balaban J connectivity index is 1.86. The van der Waals surface area contributed by atoms with Crippen LogP contribution in [-0.2, 0) is 16.1 Å². The predicted octanol–water partition coefficient (Wildman–Crippen LogP) is 1.89. The summed E-state index contributed by atoms with van der Waals surface area (Å²) in [7, 11) is 0. The molecule has 1 aromatic rings. The van der Waals surface area contributed by atoms with E-state index < -0.39 is 31.5 Å². The zero-order valence-corrected chi connectivity index (χ0v) is 10.8. The molecule has 0 N–H and O–H groups in total. The second kappa shape index (κ2) is 6.08. The Kier molecular flexibility index (Phi) is 4.63. The highest BCUT2D eigenvalue weighted by Crippen LogP contribution is 2.28. The number of carbonyl (C=O) groups is 1. The van der Waals surface area contributed by atoms with Gasteiger partial charge < -0.3 is 9.26 Å². The van der Waals surface area contributed by atoms with Crippen molar-refractivity contribution in [2.24, 2.45) is 0 Å². The molecule has 0 bridgehead atoms. The predicted molar refractivity (Wildman–Crippen MR) is 60.0 cm³/mol. The molecule has 1 aromatic heterocycles. The van der Waals surface area contributed by atoms with Crippen molar-refractivity contribution in [3.05, 3.63) is 11.7 Å².